The molecule has 2 aromatic rings. The maximum absolute atomic E-state index is 4.71. The fraction of sp³-hybridized carbons (Fsp3) is 0.357. The van der Waals surface area contributed by atoms with Crippen molar-refractivity contribution in [2.24, 2.45) is 0 Å². The number of fused-ring (bicyclic) bond motifs is 1. The van der Waals surface area contributed by atoms with Gasteiger partial charge in [0.05, 0.1) is 5.69 Å². The summed E-state index contributed by atoms with van der Waals surface area (Å²) in [5.41, 5.74) is 4.70. The molecule has 0 atom stereocenters. The van der Waals surface area contributed by atoms with Gasteiger partial charge in [-0.2, -0.15) is 0 Å². The number of hydrogen-bond donors (Lipinski definition) is 1. The molecule has 0 radical (unpaired) electrons. The Morgan fingerprint density at radius 2 is 2.06 bits per heavy atom. The van der Waals surface area contributed by atoms with Crippen LogP contribution in [0.25, 0.3) is 11.4 Å². The number of rotatable bonds is 2. The molecule has 0 amide bonds. The van der Waals surface area contributed by atoms with Crippen molar-refractivity contribution in [3.8, 4) is 11.4 Å². The average Bonchev–Trinajstić information content (AvgIpc) is 2.47. The number of pyridine rings is 1. The zero-order valence-corrected chi connectivity index (χ0v) is 10.5. The quantitative estimate of drug-likeness (QED) is 0.868. The van der Waals surface area contributed by atoms with Crippen molar-refractivity contribution in [2.45, 2.75) is 26.3 Å². The molecule has 3 rings (SSSR count). The van der Waals surface area contributed by atoms with Crippen LogP contribution in [0.4, 0.5) is 0 Å². The molecule has 0 bridgehead atoms. The molecule has 1 N–H and O–H groups in total. The van der Waals surface area contributed by atoms with Gasteiger partial charge in [-0.05, 0) is 18.6 Å². The fourth-order valence-corrected chi connectivity index (χ4v) is 2.34. The van der Waals surface area contributed by atoms with E-state index in [9.17, 15) is 0 Å². The SMILES string of the molecule is CCc1nc(-c2ccncc2)nc2c1CNCC2. The predicted molar refractivity (Wildman–Crippen MR) is 70.1 cm³/mol. The second kappa shape index (κ2) is 4.82. The Morgan fingerprint density at radius 1 is 1.22 bits per heavy atom. The first-order valence-corrected chi connectivity index (χ1v) is 6.38. The van der Waals surface area contributed by atoms with Crippen LogP contribution in [0.1, 0.15) is 23.9 Å². The minimum absolute atomic E-state index is 0.829. The van der Waals surface area contributed by atoms with E-state index in [2.05, 4.69) is 17.2 Å². The van der Waals surface area contributed by atoms with Crippen molar-refractivity contribution in [1.82, 2.24) is 20.3 Å². The lowest BCUT2D eigenvalue weighted by Gasteiger charge is -2.19. The highest BCUT2D eigenvalue weighted by Crippen LogP contribution is 2.21. The van der Waals surface area contributed by atoms with Gasteiger partial charge in [-0.1, -0.05) is 6.92 Å². The van der Waals surface area contributed by atoms with Crippen LogP contribution >= 0.6 is 0 Å². The molecule has 3 heterocycles. The van der Waals surface area contributed by atoms with Crippen LogP contribution in [0, 0.1) is 0 Å². The molecule has 1 aliphatic heterocycles. The Kier molecular flexibility index (Phi) is 3.02. The van der Waals surface area contributed by atoms with Gasteiger partial charge in [0.1, 0.15) is 0 Å². The Morgan fingerprint density at radius 3 is 2.83 bits per heavy atom. The van der Waals surface area contributed by atoms with E-state index in [1.165, 1.54) is 17.0 Å². The van der Waals surface area contributed by atoms with Crippen LogP contribution in [0.3, 0.4) is 0 Å². The predicted octanol–water partition coefficient (Wildman–Crippen LogP) is 1.75. The molecule has 1 aliphatic rings. The lowest BCUT2D eigenvalue weighted by atomic mass is 10.0. The first-order valence-electron chi connectivity index (χ1n) is 6.38. The van der Waals surface area contributed by atoms with Gasteiger partial charge >= 0.3 is 0 Å². The number of nitrogens with zero attached hydrogens (tertiary/aromatic N) is 3. The zero-order chi connectivity index (χ0) is 12.4. The monoisotopic (exact) mass is 240 g/mol. The lowest BCUT2D eigenvalue weighted by molar-refractivity contribution is 0.618. The largest absolute Gasteiger partial charge is 0.312 e. The maximum Gasteiger partial charge on any atom is 0.159 e. The van der Waals surface area contributed by atoms with Crippen LogP contribution in [0.2, 0.25) is 0 Å². The molecule has 4 heteroatoms. The summed E-state index contributed by atoms with van der Waals surface area (Å²) in [6.07, 6.45) is 5.50. The maximum atomic E-state index is 4.71. The Hall–Kier alpha value is -1.81. The van der Waals surface area contributed by atoms with Gasteiger partial charge in [-0.3, -0.25) is 4.98 Å². The molecule has 0 unspecified atom stereocenters. The van der Waals surface area contributed by atoms with Gasteiger partial charge in [0.15, 0.2) is 5.82 Å². The molecule has 18 heavy (non-hydrogen) atoms. The van der Waals surface area contributed by atoms with Crippen LogP contribution in [-0.4, -0.2) is 21.5 Å². The van der Waals surface area contributed by atoms with Crippen molar-refractivity contribution >= 4 is 0 Å². The highest BCUT2D eigenvalue weighted by Gasteiger charge is 2.16. The first kappa shape index (κ1) is 11.3. The van der Waals surface area contributed by atoms with Gasteiger partial charge in [0.25, 0.3) is 0 Å². The molecule has 4 nitrogen and oxygen atoms in total. The van der Waals surface area contributed by atoms with Gasteiger partial charge in [-0.25, -0.2) is 9.97 Å². The average molecular weight is 240 g/mol. The van der Waals surface area contributed by atoms with E-state index in [4.69, 9.17) is 9.97 Å². The molecule has 0 aromatic carbocycles. The first-order chi connectivity index (χ1) is 8.88. The van der Waals surface area contributed by atoms with Crippen molar-refractivity contribution in [3.63, 3.8) is 0 Å². The minimum atomic E-state index is 0.829. The van der Waals surface area contributed by atoms with Crippen LogP contribution < -0.4 is 5.32 Å². The smallest absolute Gasteiger partial charge is 0.159 e. The van der Waals surface area contributed by atoms with Gasteiger partial charge in [-0.15, -0.1) is 0 Å². The molecule has 0 aliphatic carbocycles. The molecule has 92 valence electrons. The summed E-state index contributed by atoms with van der Waals surface area (Å²) in [6, 6.07) is 3.92. The number of aromatic nitrogens is 3. The minimum Gasteiger partial charge on any atom is -0.312 e. The third-order valence-corrected chi connectivity index (χ3v) is 3.29. The lowest BCUT2D eigenvalue weighted by Crippen LogP contribution is -2.26. The Bertz CT molecular complexity index is 534. The second-order valence-electron chi connectivity index (χ2n) is 4.44. The fourth-order valence-electron chi connectivity index (χ4n) is 2.34. The van der Waals surface area contributed by atoms with Crippen LogP contribution in [0.5, 0.6) is 0 Å². The molecule has 0 spiro atoms. The standard InChI is InChI=1S/C14H16N4/c1-2-12-11-9-16-8-5-13(11)18-14(17-12)10-3-6-15-7-4-10/h3-4,6-7,16H,2,5,8-9H2,1H3. The van der Waals surface area contributed by atoms with Crippen molar-refractivity contribution < 1.29 is 0 Å². The molecule has 0 fully saturated rings. The van der Waals surface area contributed by atoms with E-state index < -0.39 is 0 Å². The van der Waals surface area contributed by atoms with E-state index in [-0.39, 0.29) is 0 Å². The molecule has 2 aromatic heterocycles. The second-order valence-corrected chi connectivity index (χ2v) is 4.44. The summed E-state index contributed by atoms with van der Waals surface area (Å²) < 4.78 is 0. The van der Waals surface area contributed by atoms with Gasteiger partial charge < -0.3 is 5.32 Å². The molecule has 0 saturated carbocycles. The number of hydrogen-bond acceptors (Lipinski definition) is 4. The highest BCUT2D eigenvalue weighted by molar-refractivity contribution is 5.55. The Labute approximate surface area is 107 Å². The molecular weight excluding hydrogens is 224 g/mol. The van der Waals surface area contributed by atoms with E-state index in [0.29, 0.717) is 0 Å². The third kappa shape index (κ3) is 1.99. The summed E-state index contributed by atoms with van der Waals surface area (Å²) in [5, 5.41) is 3.38. The number of aryl methyl sites for hydroxylation is 1. The number of nitrogens with one attached hydrogen (secondary N) is 1. The summed E-state index contributed by atoms with van der Waals surface area (Å²) in [5.74, 6) is 0.829. The topological polar surface area (TPSA) is 50.7 Å². The summed E-state index contributed by atoms with van der Waals surface area (Å²) in [7, 11) is 0. The van der Waals surface area contributed by atoms with Crippen molar-refractivity contribution in [1.29, 1.82) is 0 Å². The summed E-state index contributed by atoms with van der Waals surface area (Å²) in [4.78, 5) is 13.4. The van der Waals surface area contributed by atoms with E-state index in [1.54, 1.807) is 12.4 Å². The van der Waals surface area contributed by atoms with Crippen LogP contribution in [0.15, 0.2) is 24.5 Å². The normalized spacial score (nSPS) is 14.3. The summed E-state index contributed by atoms with van der Waals surface area (Å²) >= 11 is 0. The van der Waals surface area contributed by atoms with Crippen LogP contribution in [-0.2, 0) is 19.4 Å². The highest BCUT2D eigenvalue weighted by atomic mass is 14.9. The van der Waals surface area contributed by atoms with Gasteiger partial charge in [0.2, 0.25) is 0 Å². The zero-order valence-electron chi connectivity index (χ0n) is 10.5. The van der Waals surface area contributed by atoms with Crippen molar-refractivity contribution in [3.05, 3.63) is 41.5 Å². The molecule has 0 saturated heterocycles. The molecular formula is C14H16N4. The Balaban J connectivity index is 2.12. The van der Waals surface area contributed by atoms with E-state index in [0.717, 1.165) is 37.3 Å². The van der Waals surface area contributed by atoms with Crippen molar-refractivity contribution in [2.75, 3.05) is 6.54 Å². The van der Waals surface area contributed by atoms with E-state index >= 15 is 0 Å². The summed E-state index contributed by atoms with van der Waals surface area (Å²) in [6.45, 7) is 4.05. The third-order valence-electron chi connectivity index (χ3n) is 3.29. The van der Waals surface area contributed by atoms with Gasteiger partial charge in [0, 0.05) is 48.7 Å². The van der Waals surface area contributed by atoms with E-state index in [1.807, 2.05) is 12.1 Å².